The van der Waals surface area contributed by atoms with Crippen molar-refractivity contribution in [1.29, 1.82) is 0 Å². The first kappa shape index (κ1) is 20.7. The van der Waals surface area contributed by atoms with Crippen LogP contribution in [0.1, 0.15) is 41.6 Å². The van der Waals surface area contributed by atoms with Crippen molar-refractivity contribution in [2.24, 2.45) is 0 Å². The van der Waals surface area contributed by atoms with E-state index in [0.717, 1.165) is 6.07 Å². The van der Waals surface area contributed by atoms with Crippen LogP contribution in [0.25, 0.3) is 5.65 Å². The third-order valence-electron chi connectivity index (χ3n) is 3.95. The highest BCUT2D eigenvalue weighted by Crippen LogP contribution is 2.31. The van der Waals surface area contributed by atoms with Gasteiger partial charge in [-0.25, -0.2) is 8.42 Å². The fourth-order valence-corrected chi connectivity index (χ4v) is 3.29. The minimum Gasteiger partial charge on any atom is -0.408 e. The van der Waals surface area contributed by atoms with E-state index in [1.165, 1.54) is 20.8 Å². The topological polar surface area (TPSA) is 132 Å². The lowest BCUT2D eigenvalue weighted by Gasteiger charge is -2.13. The number of nitrogens with one attached hydrogen (secondary N) is 1. The molecular formula is C15H15F3N6O4S. The molecule has 10 nitrogen and oxygen atoms in total. The Bertz CT molecular complexity index is 1180. The lowest BCUT2D eigenvalue weighted by molar-refractivity contribution is -0.142. The first-order valence-corrected chi connectivity index (χ1v) is 9.89. The van der Waals surface area contributed by atoms with Crippen molar-refractivity contribution >= 4 is 27.4 Å². The zero-order valence-corrected chi connectivity index (χ0v) is 16.2. The largest absolute Gasteiger partial charge is 0.431 e. The number of halogens is 3. The van der Waals surface area contributed by atoms with Crippen LogP contribution >= 0.6 is 0 Å². The van der Waals surface area contributed by atoms with Gasteiger partial charge in [-0.15, -0.1) is 15.3 Å². The summed E-state index contributed by atoms with van der Waals surface area (Å²) in [7, 11) is -3.78. The second-order valence-electron chi connectivity index (χ2n) is 6.34. The monoisotopic (exact) mass is 432 g/mol. The van der Waals surface area contributed by atoms with Gasteiger partial charge in [0.15, 0.2) is 21.3 Å². The van der Waals surface area contributed by atoms with Gasteiger partial charge in [-0.05, 0) is 26.0 Å². The van der Waals surface area contributed by atoms with E-state index in [-0.39, 0.29) is 17.5 Å². The van der Waals surface area contributed by atoms with Crippen molar-refractivity contribution in [3.8, 4) is 0 Å². The Balaban J connectivity index is 2.13. The Morgan fingerprint density at radius 2 is 1.90 bits per heavy atom. The molecule has 0 aliphatic heterocycles. The molecule has 14 heteroatoms. The van der Waals surface area contributed by atoms with E-state index in [0.29, 0.717) is 10.5 Å². The molecule has 0 aliphatic carbocycles. The molecule has 3 aromatic rings. The second-order valence-corrected chi connectivity index (χ2v) is 8.90. The van der Waals surface area contributed by atoms with Gasteiger partial charge >= 0.3 is 12.2 Å². The molecule has 1 amide bonds. The number of amides is 1. The van der Waals surface area contributed by atoms with Crippen LogP contribution in [0, 0.1) is 6.92 Å². The number of fused-ring (bicyclic) bond motifs is 1. The summed E-state index contributed by atoms with van der Waals surface area (Å²) in [5, 5.41) is 15.7. The van der Waals surface area contributed by atoms with Gasteiger partial charge in [-0.2, -0.15) is 13.2 Å². The van der Waals surface area contributed by atoms with Gasteiger partial charge in [-0.1, -0.05) is 5.10 Å². The highest BCUT2D eigenvalue weighted by atomic mass is 32.2. The SMILES string of the molecule is Cc1nnc(NC(=O)c2ccc(C(F)(F)F)n3c(CS(=O)(=O)C(C)C)nnc23)o1. The Kier molecular flexibility index (Phi) is 5.06. The molecule has 3 heterocycles. The number of carbonyl (C=O) groups is 1. The first-order valence-electron chi connectivity index (χ1n) is 8.17. The average molecular weight is 432 g/mol. The zero-order chi connectivity index (χ0) is 21.6. The summed E-state index contributed by atoms with van der Waals surface area (Å²) in [6, 6.07) is 1.30. The molecule has 1 N–H and O–H groups in total. The zero-order valence-electron chi connectivity index (χ0n) is 15.4. The van der Waals surface area contributed by atoms with Gasteiger partial charge in [0.2, 0.25) is 5.89 Å². The molecule has 3 aromatic heterocycles. The van der Waals surface area contributed by atoms with E-state index in [1.54, 1.807) is 0 Å². The van der Waals surface area contributed by atoms with Crippen LogP contribution in [0.3, 0.4) is 0 Å². The number of hydrogen-bond donors (Lipinski definition) is 1. The summed E-state index contributed by atoms with van der Waals surface area (Å²) in [4.78, 5) is 12.5. The molecule has 156 valence electrons. The number of anilines is 1. The molecule has 0 radical (unpaired) electrons. The molecule has 0 unspecified atom stereocenters. The predicted octanol–water partition coefficient (Wildman–Crippen LogP) is 2.02. The van der Waals surface area contributed by atoms with Crippen molar-refractivity contribution in [2.75, 3.05) is 5.32 Å². The van der Waals surface area contributed by atoms with Crippen molar-refractivity contribution in [3.05, 3.63) is 35.1 Å². The molecule has 0 saturated carbocycles. The van der Waals surface area contributed by atoms with E-state index < -0.39 is 50.1 Å². The maximum Gasteiger partial charge on any atom is 0.431 e. The van der Waals surface area contributed by atoms with Crippen LogP contribution < -0.4 is 5.32 Å². The maximum atomic E-state index is 13.5. The number of hydrogen-bond acceptors (Lipinski definition) is 8. The Hall–Kier alpha value is -3.03. The van der Waals surface area contributed by atoms with Crippen LogP contribution in [-0.4, -0.2) is 44.4 Å². The van der Waals surface area contributed by atoms with E-state index >= 15 is 0 Å². The normalized spacial score (nSPS) is 12.7. The lowest BCUT2D eigenvalue weighted by atomic mass is 10.2. The Morgan fingerprint density at radius 3 is 2.45 bits per heavy atom. The van der Waals surface area contributed by atoms with Crippen LogP contribution in [0.4, 0.5) is 19.2 Å². The maximum absolute atomic E-state index is 13.5. The molecule has 0 spiro atoms. The van der Waals surface area contributed by atoms with E-state index in [1.807, 2.05) is 0 Å². The molecule has 0 fully saturated rings. The number of rotatable bonds is 5. The predicted molar refractivity (Wildman–Crippen MR) is 92.7 cm³/mol. The lowest BCUT2D eigenvalue weighted by Crippen LogP contribution is -2.21. The summed E-state index contributed by atoms with van der Waals surface area (Å²) < 4.78 is 70.4. The van der Waals surface area contributed by atoms with Crippen LogP contribution in [0.2, 0.25) is 0 Å². The number of carbonyl (C=O) groups excluding carboxylic acids is 1. The minimum absolute atomic E-state index is 0.168. The van der Waals surface area contributed by atoms with Gasteiger partial charge in [0.1, 0.15) is 11.4 Å². The summed E-state index contributed by atoms with van der Waals surface area (Å²) >= 11 is 0. The van der Waals surface area contributed by atoms with Crippen LogP contribution in [0.5, 0.6) is 0 Å². The Labute approximate surface area is 162 Å². The van der Waals surface area contributed by atoms with Crippen LogP contribution in [0.15, 0.2) is 16.5 Å². The van der Waals surface area contributed by atoms with Crippen LogP contribution in [-0.2, 0) is 21.8 Å². The smallest absolute Gasteiger partial charge is 0.408 e. The highest BCUT2D eigenvalue weighted by molar-refractivity contribution is 7.91. The van der Waals surface area contributed by atoms with E-state index in [2.05, 4.69) is 25.7 Å². The van der Waals surface area contributed by atoms with Gasteiger partial charge < -0.3 is 4.42 Å². The molecule has 0 aromatic carbocycles. The third kappa shape index (κ3) is 4.06. The first-order chi connectivity index (χ1) is 13.4. The summed E-state index contributed by atoms with van der Waals surface area (Å²) in [6.45, 7) is 4.28. The molecular weight excluding hydrogens is 417 g/mol. The standard InChI is InChI=1S/C15H15F3N6O4S/c1-7(2)29(26,27)6-11-21-22-12-9(4-5-10(24(11)12)15(16,17)18)13(25)19-14-23-20-8(3)28-14/h4-5,7H,6H2,1-3H3,(H,19,23,25). The highest BCUT2D eigenvalue weighted by Gasteiger charge is 2.36. The number of aromatic nitrogens is 5. The second kappa shape index (κ2) is 7.09. The van der Waals surface area contributed by atoms with Crippen molar-refractivity contribution in [2.45, 2.75) is 38.0 Å². The summed E-state index contributed by atoms with van der Waals surface area (Å²) in [5.41, 5.74) is -1.95. The van der Waals surface area contributed by atoms with Gasteiger partial charge in [0, 0.05) is 6.92 Å². The fraction of sp³-hybridized carbons (Fsp3) is 0.400. The minimum atomic E-state index is -4.84. The molecule has 3 rings (SSSR count). The van der Waals surface area contributed by atoms with Gasteiger partial charge in [-0.3, -0.25) is 14.5 Å². The quantitative estimate of drug-likeness (QED) is 0.648. The molecule has 0 aliphatic rings. The van der Waals surface area contributed by atoms with Gasteiger partial charge in [0.05, 0.1) is 10.8 Å². The molecule has 29 heavy (non-hydrogen) atoms. The number of pyridine rings is 1. The molecule has 0 atom stereocenters. The fourth-order valence-electron chi connectivity index (χ4n) is 2.41. The number of aryl methyl sites for hydroxylation is 1. The summed E-state index contributed by atoms with van der Waals surface area (Å²) in [6.07, 6.45) is -4.84. The van der Waals surface area contributed by atoms with Crippen molar-refractivity contribution < 1.29 is 30.8 Å². The average Bonchev–Trinajstić information content (AvgIpc) is 3.19. The number of nitrogens with zero attached hydrogens (tertiary/aromatic N) is 5. The molecule has 0 bridgehead atoms. The van der Waals surface area contributed by atoms with Gasteiger partial charge in [0.25, 0.3) is 5.91 Å². The van der Waals surface area contributed by atoms with E-state index in [4.69, 9.17) is 4.42 Å². The third-order valence-corrected chi connectivity index (χ3v) is 6.05. The number of alkyl halides is 3. The molecule has 0 saturated heterocycles. The van der Waals surface area contributed by atoms with Crippen molar-refractivity contribution in [3.63, 3.8) is 0 Å². The van der Waals surface area contributed by atoms with E-state index in [9.17, 15) is 26.4 Å². The number of sulfone groups is 1. The van der Waals surface area contributed by atoms with Crippen molar-refractivity contribution in [1.82, 2.24) is 24.8 Å². The Morgan fingerprint density at radius 1 is 1.21 bits per heavy atom. The summed E-state index contributed by atoms with van der Waals surface area (Å²) in [5.74, 6) is -1.94.